The van der Waals surface area contributed by atoms with Gasteiger partial charge in [0.25, 0.3) is 0 Å². The fourth-order valence-electron chi connectivity index (χ4n) is 3.18. The lowest BCUT2D eigenvalue weighted by Crippen LogP contribution is -2.19. The van der Waals surface area contributed by atoms with E-state index in [1.807, 2.05) is 12.1 Å². The number of carbonyl (C=O) groups is 3. The molecular weight excluding hydrogens is 434 g/mol. The van der Waals surface area contributed by atoms with E-state index in [0.29, 0.717) is 16.3 Å². The maximum absolute atomic E-state index is 12.7. The number of carbonyl (C=O) groups excluding carboxylic acids is 2. The van der Waals surface area contributed by atoms with E-state index in [1.165, 1.54) is 12.1 Å². The van der Waals surface area contributed by atoms with E-state index in [0.717, 1.165) is 11.3 Å². The van der Waals surface area contributed by atoms with Crippen LogP contribution in [0.3, 0.4) is 0 Å². The van der Waals surface area contributed by atoms with Gasteiger partial charge in [-0.05, 0) is 24.3 Å². The van der Waals surface area contributed by atoms with Crippen LogP contribution >= 0.6 is 11.6 Å². The number of aromatic nitrogens is 2. The summed E-state index contributed by atoms with van der Waals surface area (Å²) >= 11 is 6.25. The molecule has 0 saturated heterocycles. The van der Waals surface area contributed by atoms with Crippen LogP contribution in [0.15, 0.2) is 48.7 Å². The number of amides is 2. The van der Waals surface area contributed by atoms with Gasteiger partial charge in [-0.15, -0.1) is 0 Å². The van der Waals surface area contributed by atoms with Crippen LogP contribution in [0.2, 0.25) is 5.02 Å². The molecule has 1 heterocycles. The molecule has 166 valence electrons. The number of Topliss-reactive ketones (excluding diaryl/α,β-unsaturated/α-hetero) is 1. The van der Waals surface area contributed by atoms with E-state index in [1.54, 1.807) is 55.1 Å². The third-order valence-electron chi connectivity index (χ3n) is 4.71. The second-order valence-electron chi connectivity index (χ2n) is 7.24. The first kappa shape index (κ1) is 22.8. The Balaban J connectivity index is 1.78. The monoisotopic (exact) mass is 455 g/mol. The Morgan fingerprint density at radius 2 is 1.81 bits per heavy atom. The average molecular weight is 456 g/mol. The Morgan fingerprint density at radius 1 is 1.09 bits per heavy atom. The third-order valence-corrected chi connectivity index (χ3v) is 5.01. The van der Waals surface area contributed by atoms with Crippen molar-refractivity contribution in [2.45, 2.75) is 6.42 Å². The molecule has 0 aliphatic heterocycles. The Kier molecular flexibility index (Phi) is 6.79. The van der Waals surface area contributed by atoms with Gasteiger partial charge in [0.15, 0.2) is 5.78 Å². The Bertz CT molecular complexity index is 1190. The predicted octanol–water partition coefficient (Wildman–Crippen LogP) is 4.11. The van der Waals surface area contributed by atoms with Crippen molar-refractivity contribution in [3.63, 3.8) is 0 Å². The normalized spacial score (nSPS) is 10.5. The summed E-state index contributed by atoms with van der Waals surface area (Å²) in [6, 6.07) is 11.7. The molecule has 2 aromatic carbocycles. The number of hydrogen-bond donors (Lipinski definition) is 3. The summed E-state index contributed by atoms with van der Waals surface area (Å²) in [5, 5.41) is 18.4. The van der Waals surface area contributed by atoms with Crippen LogP contribution in [0.25, 0.3) is 11.3 Å². The highest BCUT2D eigenvalue weighted by Crippen LogP contribution is 2.34. The minimum Gasteiger partial charge on any atom is -0.465 e. The molecule has 0 aliphatic carbocycles. The Labute approximate surface area is 189 Å². The molecule has 0 fully saturated rings. The summed E-state index contributed by atoms with van der Waals surface area (Å²) < 4.78 is 1.69. The van der Waals surface area contributed by atoms with E-state index in [9.17, 15) is 14.4 Å². The molecular formula is C22H22ClN5O4. The number of benzene rings is 2. The predicted molar refractivity (Wildman–Crippen MR) is 124 cm³/mol. The minimum atomic E-state index is -1.30. The topological polar surface area (TPSA) is 117 Å². The number of carboxylic acid groups (broad SMARTS) is 1. The SMILES string of the molecule is CN(C)c1cc(NC(=O)O)c(NC(=O)CC(=O)c2cccc(-c3ccnn3C)c2)cc1Cl. The number of nitrogens with zero attached hydrogens (tertiary/aromatic N) is 3. The standard InChI is InChI=1S/C22H22ClN5O4/c1-27(2)19-11-17(26-22(31)32)16(10-15(19)23)25-21(30)12-20(29)14-6-4-5-13(9-14)18-7-8-24-28(18)3/h4-11,26H,12H2,1-3H3,(H,25,30)(H,31,32). The Hall–Kier alpha value is -3.85. The summed E-state index contributed by atoms with van der Waals surface area (Å²) in [6.45, 7) is 0. The maximum atomic E-state index is 12.7. The van der Waals surface area contributed by atoms with Gasteiger partial charge in [0.1, 0.15) is 0 Å². The van der Waals surface area contributed by atoms with Crippen molar-refractivity contribution in [1.82, 2.24) is 9.78 Å². The molecule has 1 aromatic heterocycles. The van der Waals surface area contributed by atoms with Crippen LogP contribution < -0.4 is 15.5 Å². The van der Waals surface area contributed by atoms with Crippen molar-refractivity contribution in [2.24, 2.45) is 7.05 Å². The smallest absolute Gasteiger partial charge is 0.409 e. The molecule has 3 N–H and O–H groups in total. The van der Waals surface area contributed by atoms with E-state index in [-0.39, 0.29) is 17.2 Å². The quantitative estimate of drug-likeness (QED) is 0.364. The molecule has 0 aliphatic rings. The Morgan fingerprint density at radius 3 is 2.44 bits per heavy atom. The summed E-state index contributed by atoms with van der Waals surface area (Å²) in [6.07, 6.45) is -0.0585. The van der Waals surface area contributed by atoms with E-state index < -0.39 is 18.4 Å². The highest BCUT2D eigenvalue weighted by Gasteiger charge is 2.17. The number of halogens is 1. The van der Waals surface area contributed by atoms with Gasteiger partial charge in [-0.3, -0.25) is 19.6 Å². The molecule has 3 aromatic rings. The number of rotatable bonds is 7. The van der Waals surface area contributed by atoms with Gasteiger partial charge in [-0.25, -0.2) is 4.79 Å². The van der Waals surface area contributed by atoms with Gasteiger partial charge in [0.05, 0.1) is 34.2 Å². The number of nitrogens with one attached hydrogen (secondary N) is 2. The van der Waals surface area contributed by atoms with E-state index in [2.05, 4.69) is 15.7 Å². The first-order valence-electron chi connectivity index (χ1n) is 9.58. The van der Waals surface area contributed by atoms with Crippen molar-refractivity contribution >= 4 is 46.4 Å². The van der Waals surface area contributed by atoms with Crippen molar-refractivity contribution in [2.75, 3.05) is 29.6 Å². The second-order valence-corrected chi connectivity index (χ2v) is 7.65. The van der Waals surface area contributed by atoms with Gasteiger partial charge in [0.2, 0.25) is 5.91 Å². The van der Waals surface area contributed by atoms with Crippen LogP contribution in [-0.2, 0) is 11.8 Å². The van der Waals surface area contributed by atoms with Crippen LogP contribution in [0.4, 0.5) is 21.9 Å². The zero-order valence-electron chi connectivity index (χ0n) is 17.7. The lowest BCUT2D eigenvalue weighted by Gasteiger charge is -2.19. The summed E-state index contributed by atoms with van der Waals surface area (Å²) in [7, 11) is 5.30. The molecule has 0 radical (unpaired) electrons. The van der Waals surface area contributed by atoms with Crippen LogP contribution in [0.5, 0.6) is 0 Å². The number of aryl methyl sites for hydroxylation is 1. The molecule has 0 bridgehead atoms. The average Bonchev–Trinajstić information content (AvgIpc) is 3.15. The maximum Gasteiger partial charge on any atom is 0.409 e. The minimum absolute atomic E-state index is 0.143. The van der Waals surface area contributed by atoms with Gasteiger partial charge < -0.3 is 15.3 Å². The van der Waals surface area contributed by atoms with Crippen molar-refractivity contribution in [3.8, 4) is 11.3 Å². The van der Waals surface area contributed by atoms with Crippen LogP contribution in [0, 0.1) is 0 Å². The summed E-state index contributed by atoms with van der Waals surface area (Å²) in [4.78, 5) is 38.1. The molecule has 0 atom stereocenters. The molecule has 9 nitrogen and oxygen atoms in total. The van der Waals surface area contributed by atoms with Crippen LogP contribution in [-0.4, -0.2) is 46.8 Å². The van der Waals surface area contributed by atoms with Gasteiger partial charge in [-0.2, -0.15) is 5.10 Å². The van der Waals surface area contributed by atoms with Gasteiger partial charge >= 0.3 is 6.09 Å². The van der Waals surface area contributed by atoms with E-state index in [4.69, 9.17) is 16.7 Å². The largest absolute Gasteiger partial charge is 0.465 e. The number of ketones is 1. The lowest BCUT2D eigenvalue weighted by atomic mass is 10.0. The molecule has 0 saturated carbocycles. The molecule has 0 spiro atoms. The van der Waals surface area contributed by atoms with E-state index >= 15 is 0 Å². The molecule has 10 heteroatoms. The first-order chi connectivity index (χ1) is 15.2. The zero-order chi connectivity index (χ0) is 23.4. The van der Waals surface area contributed by atoms with Crippen LogP contribution in [0.1, 0.15) is 16.8 Å². The van der Waals surface area contributed by atoms with Gasteiger partial charge in [-0.1, -0.05) is 29.8 Å². The summed E-state index contributed by atoms with van der Waals surface area (Å²) in [5.74, 6) is -0.974. The van der Waals surface area contributed by atoms with Crippen molar-refractivity contribution < 1.29 is 19.5 Å². The molecule has 0 unspecified atom stereocenters. The molecule has 32 heavy (non-hydrogen) atoms. The fourth-order valence-corrected chi connectivity index (χ4v) is 3.51. The number of anilines is 3. The fraction of sp³-hybridized carbons (Fsp3) is 0.182. The third kappa shape index (κ3) is 5.25. The first-order valence-corrected chi connectivity index (χ1v) is 9.96. The van der Waals surface area contributed by atoms with Gasteiger partial charge in [0, 0.05) is 38.5 Å². The number of hydrogen-bond acceptors (Lipinski definition) is 5. The highest BCUT2D eigenvalue weighted by atomic mass is 35.5. The van der Waals surface area contributed by atoms with Crippen molar-refractivity contribution in [1.29, 1.82) is 0 Å². The van der Waals surface area contributed by atoms with Crippen molar-refractivity contribution in [3.05, 3.63) is 59.2 Å². The molecule has 3 rings (SSSR count). The summed E-state index contributed by atoms with van der Waals surface area (Å²) in [5.41, 5.74) is 2.88. The second kappa shape index (κ2) is 9.52. The lowest BCUT2D eigenvalue weighted by molar-refractivity contribution is -0.115. The highest BCUT2D eigenvalue weighted by molar-refractivity contribution is 6.34. The molecule has 2 amide bonds. The zero-order valence-corrected chi connectivity index (χ0v) is 18.5.